The molecule has 0 radical (unpaired) electrons. The van der Waals surface area contributed by atoms with Crippen molar-refractivity contribution in [3.63, 3.8) is 0 Å². The van der Waals surface area contributed by atoms with Gasteiger partial charge in [0, 0.05) is 6.26 Å². The largest absolute Gasteiger partial charge is 0.368 e. The highest BCUT2D eigenvalue weighted by molar-refractivity contribution is 7.89. The summed E-state index contributed by atoms with van der Waals surface area (Å²) in [6, 6.07) is 0. The number of nitrogen functional groups attached to an aromatic ring is 1. The lowest BCUT2D eigenvalue weighted by Crippen LogP contribution is -2.19. The number of nitrogens with zero attached hydrogens (tertiary/aromatic N) is 2. The van der Waals surface area contributed by atoms with Crippen LogP contribution in [0.2, 0.25) is 0 Å². The van der Waals surface area contributed by atoms with E-state index in [-0.39, 0.29) is 17.5 Å². The molecule has 1 aromatic heterocycles. The third-order valence-electron chi connectivity index (χ3n) is 1.12. The first-order valence-electron chi connectivity index (χ1n) is 3.27. The predicted octanol–water partition coefficient (Wildman–Crippen LogP) is -1.71. The van der Waals surface area contributed by atoms with Crippen LogP contribution in [-0.2, 0) is 15.6 Å². The Hall–Kier alpha value is -1.44. The Kier molecular flexibility index (Phi) is 2.32. The van der Waals surface area contributed by atoms with Crippen LogP contribution in [0.5, 0.6) is 0 Å². The Balaban J connectivity index is 3.10. The second-order valence-corrected chi connectivity index (χ2v) is 4.67. The third kappa shape index (κ3) is 3.20. The van der Waals surface area contributed by atoms with Gasteiger partial charge in [-0.3, -0.25) is 4.98 Å². The summed E-state index contributed by atoms with van der Waals surface area (Å²) in [5.74, 6) is -0.586. The van der Waals surface area contributed by atoms with Crippen molar-refractivity contribution in [3.8, 4) is 0 Å². The second kappa shape index (κ2) is 3.13. The molecule has 3 N–H and O–H groups in total. The topological polar surface area (TPSA) is 119 Å². The van der Waals surface area contributed by atoms with Crippen molar-refractivity contribution in [2.75, 3.05) is 12.0 Å². The minimum atomic E-state index is -3.23. The van der Waals surface area contributed by atoms with Gasteiger partial charge in [0.25, 0.3) is 0 Å². The second-order valence-electron chi connectivity index (χ2n) is 2.53. The van der Waals surface area contributed by atoms with Crippen LogP contribution in [0.4, 0.5) is 5.95 Å². The van der Waals surface area contributed by atoms with Gasteiger partial charge in [-0.2, -0.15) is 9.97 Å². The Bertz CT molecular complexity index is 463. The van der Waals surface area contributed by atoms with E-state index in [9.17, 15) is 13.2 Å². The molecule has 0 fully saturated rings. The SMILES string of the molecule is CS(=O)(=O)Cc1nc(N)nc(=O)[nH]1. The quantitative estimate of drug-likeness (QED) is 0.592. The summed E-state index contributed by atoms with van der Waals surface area (Å²) in [5.41, 5.74) is 4.44. The monoisotopic (exact) mass is 204 g/mol. The summed E-state index contributed by atoms with van der Waals surface area (Å²) >= 11 is 0. The zero-order valence-electron chi connectivity index (χ0n) is 6.81. The van der Waals surface area contributed by atoms with Crippen LogP contribution < -0.4 is 11.4 Å². The van der Waals surface area contributed by atoms with Crippen molar-refractivity contribution in [2.45, 2.75) is 5.75 Å². The molecule has 0 aromatic carbocycles. The van der Waals surface area contributed by atoms with Crippen LogP contribution in [0.25, 0.3) is 0 Å². The number of hydrogen-bond donors (Lipinski definition) is 2. The molecule has 1 rings (SSSR count). The fourth-order valence-electron chi connectivity index (χ4n) is 0.763. The molecule has 0 aliphatic rings. The Morgan fingerprint density at radius 2 is 2.08 bits per heavy atom. The molecule has 0 atom stereocenters. The van der Waals surface area contributed by atoms with E-state index in [2.05, 4.69) is 15.0 Å². The molecule has 7 nitrogen and oxygen atoms in total. The Morgan fingerprint density at radius 3 is 2.54 bits per heavy atom. The van der Waals surface area contributed by atoms with Gasteiger partial charge in [0.2, 0.25) is 5.95 Å². The lowest BCUT2D eigenvalue weighted by Gasteiger charge is -1.97. The van der Waals surface area contributed by atoms with Crippen molar-refractivity contribution in [3.05, 3.63) is 16.3 Å². The molecule has 1 heterocycles. The molecule has 0 aliphatic carbocycles. The van der Waals surface area contributed by atoms with Gasteiger partial charge in [0.15, 0.2) is 9.84 Å². The summed E-state index contributed by atoms with van der Waals surface area (Å²) in [6.07, 6.45) is 1.03. The van der Waals surface area contributed by atoms with Crippen molar-refractivity contribution < 1.29 is 8.42 Å². The first-order chi connectivity index (χ1) is 5.87. The lowest BCUT2D eigenvalue weighted by atomic mass is 10.7. The summed E-state index contributed by atoms with van der Waals surface area (Å²) in [6.45, 7) is 0. The van der Waals surface area contributed by atoms with Crippen molar-refractivity contribution in [2.24, 2.45) is 0 Å². The maximum Gasteiger partial charge on any atom is 0.349 e. The molecule has 1 aromatic rings. The molecule has 8 heteroatoms. The molecule has 0 aliphatic heterocycles. The standard InChI is InChI=1S/C5H8N4O3S/c1-13(11,12)2-3-7-4(6)9-5(10)8-3/h2H2,1H3,(H3,6,7,8,9,10). The van der Waals surface area contributed by atoms with E-state index in [4.69, 9.17) is 5.73 Å². The van der Waals surface area contributed by atoms with Crippen molar-refractivity contribution >= 4 is 15.8 Å². The van der Waals surface area contributed by atoms with E-state index in [1.54, 1.807) is 0 Å². The van der Waals surface area contributed by atoms with E-state index >= 15 is 0 Å². The highest BCUT2D eigenvalue weighted by Crippen LogP contribution is 1.95. The van der Waals surface area contributed by atoms with Gasteiger partial charge in [0.05, 0.1) is 0 Å². The molecule has 0 amide bonds. The smallest absolute Gasteiger partial charge is 0.349 e. The van der Waals surface area contributed by atoms with Crippen LogP contribution in [0.15, 0.2) is 4.79 Å². The maximum atomic E-state index is 10.8. The van der Waals surface area contributed by atoms with Gasteiger partial charge in [0.1, 0.15) is 11.6 Å². The first kappa shape index (κ1) is 9.65. The number of rotatable bonds is 2. The number of aromatic amines is 1. The van der Waals surface area contributed by atoms with Gasteiger partial charge in [-0.15, -0.1) is 0 Å². The number of hydrogen-bond acceptors (Lipinski definition) is 6. The number of nitrogens with two attached hydrogens (primary N) is 1. The van der Waals surface area contributed by atoms with Gasteiger partial charge in [-0.25, -0.2) is 13.2 Å². The summed E-state index contributed by atoms with van der Waals surface area (Å²) in [7, 11) is -3.23. The fourth-order valence-corrected chi connectivity index (χ4v) is 1.40. The lowest BCUT2D eigenvalue weighted by molar-refractivity contribution is 0.599. The molecular formula is C5H8N4O3S. The average molecular weight is 204 g/mol. The number of sulfone groups is 1. The summed E-state index contributed by atoms with van der Waals surface area (Å²) in [5, 5.41) is 0. The molecular weight excluding hydrogens is 196 g/mol. The van der Waals surface area contributed by atoms with Gasteiger partial charge in [-0.05, 0) is 0 Å². The van der Waals surface area contributed by atoms with Crippen LogP contribution in [-0.4, -0.2) is 29.6 Å². The molecule has 0 saturated heterocycles. The van der Waals surface area contributed by atoms with E-state index in [1.165, 1.54) is 0 Å². The minimum absolute atomic E-state index is 0.000000000000000444. The molecule has 13 heavy (non-hydrogen) atoms. The van der Waals surface area contributed by atoms with Crippen LogP contribution >= 0.6 is 0 Å². The maximum absolute atomic E-state index is 10.8. The molecule has 72 valence electrons. The molecule has 0 saturated carbocycles. The van der Waals surface area contributed by atoms with Gasteiger partial charge >= 0.3 is 5.69 Å². The minimum Gasteiger partial charge on any atom is -0.368 e. The third-order valence-corrected chi connectivity index (χ3v) is 1.91. The highest BCUT2D eigenvalue weighted by atomic mass is 32.2. The van der Waals surface area contributed by atoms with Gasteiger partial charge in [-0.1, -0.05) is 0 Å². The van der Waals surface area contributed by atoms with Crippen molar-refractivity contribution in [1.29, 1.82) is 0 Å². The number of nitrogens with one attached hydrogen (secondary N) is 1. The van der Waals surface area contributed by atoms with Crippen LogP contribution in [0.3, 0.4) is 0 Å². The number of aromatic nitrogens is 3. The predicted molar refractivity (Wildman–Crippen MR) is 45.6 cm³/mol. The normalized spacial score (nSPS) is 11.5. The average Bonchev–Trinajstić information content (AvgIpc) is 1.78. The van der Waals surface area contributed by atoms with E-state index in [0.717, 1.165) is 6.26 Å². The van der Waals surface area contributed by atoms with E-state index in [1.807, 2.05) is 0 Å². The van der Waals surface area contributed by atoms with Crippen LogP contribution in [0.1, 0.15) is 5.82 Å². The zero-order valence-corrected chi connectivity index (χ0v) is 7.63. The highest BCUT2D eigenvalue weighted by Gasteiger charge is 2.07. The molecule has 0 spiro atoms. The first-order valence-corrected chi connectivity index (χ1v) is 5.33. The number of anilines is 1. The Labute approximate surface area is 73.9 Å². The zero-order chi connectivity index (χ0) is 10.1. The molecule has 0 unspecified atom stereocenters. The van der Waals surface area contributed by atoms with Crippen molar-refractivity contribution in [1.82, 2.24) is 15.0 Å². The summed E-state index contributed by atoms with van der Waals surface area (Å²) in [4.78, 5) is 19.7. The van der Waals surface area contributed by atoms with Crippen LogP contribution in [0, 0.1) is 0 Å². The molecule has 0 bridgehead atoms. The summed E-state index contributed by atoms with van der Waals surface area (Å²) < 4.78 is 21.6. The number of H-pyrrole nitrogens is 1. The van der Waals surface area contributed by atoms with E-state index in [0.29, 0.717) is 0 Å². The fraction of sp³-hybridized carbons (Fsp3) is 0.400. The van der Waals surface area contributed by atoms with Gasteiger partial charge < -0.3 is 5.73 Å². The Morgan fingerprint density at radius 1 is 1.46 bits per heavy atom. The van der Waals surface area contributed by atoms with E-state index < -0.39 is 15.5 Å².